The highest BCUT2D eigenvalue weighted by molar-refractivity contribution is 14.1. The Morgan fingerprint density at radius 2 is 1.67 bits per heavy atom. The third-order valence-corrected chi connectivity index (χ3v) is 4.65. The van der Waals surface area contributed by atoms with E-state index in [0.29, 0.717) is 0 Å². The zero-order chi connectivity index (χ0) is 12.5. The van der Waals surface area contributed by atoms with Gasteiger partial charge in [0.15, 0.2) is 0 Å². The molecule has 18 heavy (non-hydrogen) atoms. The zero-order valence-corrected chi connectivity index (χ0v) is 13.1. The molecular formula is C15H9BrIN. The number of pyridine rings is 1. The van der Waals surface area contributed by atoms with Crippen molar-refractivity contribution < 1.29 is 0 Å². The first-order chi connectivity index (χ1) is 8.77. The average Bonchev–Trinajstić information content (AvgIpc) is 2.41. The summed E-state index contributed by atoms with van der Waals surface area (Å²) < 4.78 is 2.27. The minimum Gasteiger partial charge on any atom is -0.254 e. The van der Waals surface area contributed by atoms with Crippen LogP contribution >= 0.6 is 38.5 Å². The van der Waals surface area contributed by atoms with Gasteiger partial charge in [-0.25, -0.2) is 0 Å². The van der Waals surface area contributed by atoms with Gasteiger partial charge < -0.3 is 0 Å². The maximum Gasteiger partial charge on any atom is 0.0853 e. The molecular weight excluding hydrogens is 401 g/mol. The normalized spacial score (nSPS) is 10.8. The molecule has 1 heterocycles. The number of aromatic nitrogens is 1. The van der Waals surface area contributed by atoms with Crippen LogP contribution in [0.2, 0.25) is 0 Å². The molecule has 1 nitrogen and oxygen atoms in total. The zero-order valence-electron chi connectivity index (χ0n) is 9.40. The summed E-state index contributed by atoms with van der Waals surface area (Å²) in [6, 6.07) is 16.5. The van der Waals surface area contributed by atoms with Crippen LogP contribution in [0.1, 0.15) is 0 Å². The molecule has 1 aromatic heterocycles. The van der Waals surface area contributed by atoms with Gasteiger partial charge in [0.2, 0.25) is 0 Å². The predicted octanol–water partition coefficient (Wildman–Crippen LogP) is 5.27. The van der Waals surface area contributed by atoms with E-state index in [4.69, 9.17) is 0 Å². The molecule has 2 aromatic carbocycles. The first kappa shape index (κ1) is 12.1. The minimum absolute atomic E-state index is 1.03. The summed E-state index contributed by atoms with van der Waals surface area (Å²) in [6.07, 6.45) is 1.94. The first-order valence-electron chi connectivity index (χ1n) is 5.55. The second-order valence-corrected chi connectivity index (χ2v) is 5.92. The van der Waals surface area contributed by atoms with Crippen molar-refractivity contribution >= 4 is 49.3 Å². The van der Waals surface area contributed by atoms with Crippen LogP contribution in [0.25, 0.3) is 22.0 Å². The third-order valence-electron chi connectivity index (χ3n) is 2.87. The molecule has 0 radical (unpaired) electrons. The lowest BCUT2D eigenvalue weighted by Crippen LogP contribution is -1.90. The van der Waals surface area contributed by atoms with Gasteiger partial charge in [-0.05, 0) is 34.0 Å². The summed E-state index contributed by atoms with van der Waals surface area (Å²) in [6.45, 7) is 0. The van der Waals surface area contributed by atoms with Crippen LogP contribution in [0, 0.1) is 3.57 Å². The van der Waals surface area contributed by atoms with Crippen LogP contribution in [0.3, 0.4) is 0 Å². The quantitative estimate of drug-likeness (QED) is 0.499. The van der Waals surface area contributed by atoms with Gasteiger partial charge in [0, 0.05) is 25.2 Å². The lowest BCUT2D eigenvalue weighted by atomic mass is 10.1. The SMILES string of the molecule is Brc1ccccc1-c1ncc2ccccc2c1I. The lowest BCUT2D eigenvalue weighted by molar-refractivity contribution is 1.33. The molecule has 0 aliphatic carbocycles. The Hall–Kier alpha value is -0.940. The van der Waals surface area contributed by atoms with E-state index in [2.05, 4.69) is 67.8 Å². The molecule has 0 saturated heterocycles. The fourth-order valence-electron chi connectivity index (χ4n) is 1.97. The van der Waals surface area contributed by atoms with Crippen LogP contribution in [0.5, 0.6) is 0 Å². The van der Waals surface area contributed by atoms with Crippen LogP contribution in [-0.4, -0.2) is 4.98 Å². The fraction of sp³-hybridized carbons (Fsp3) is 0. The molecule has 0 aliphatic heterocycles. The Morgan fingerprint density at radius 1 is 0.944 bits per heavy atom. The topological polar surface area (TPSA) is 12.9 Å². The van der Waals surface area contributed by atoms with Crippen molar-refractivity contribution in [3.8, 4) is 11.3 Å². The van der Waals surface area contributed by atoms with Crippen molar-refractivity contribution in [3.05, 3.63) is 62.8 Å². The second kappa shape index (κ2) is 4.97. The molecule has 0 N–H and O–H groups in total. The Bertz CT molecular complexity index is 725. The summed E-state index contributed by atoms with van der Waals surface area (Å²) in [5, 5.41) is 2.43. The van der Waals surface area contributed by atoms with Crippen molar-refractivity contribution in [1.29, 1.82) is 0 Å². The molecule has 88 valence electrons. The van der Waals surface area contributed by atoms with Gasteiger partial charge in [-0.1, -0.05) is 58.4 Å². The van der Waals surface area contributed by atoms with Gasteiger partial charge in [-0.15, -0.1) is 0 Å². The maximum absolute atomic E-state index is 4.60. The molecule has 3 rings (SSSR count). The molecule has 0 fully saturated rings. The number of hydrogen-bond donors (Lipinski definition) is 0. The number of fused-ring (bicyclic) bond motifs is 1. The summed E-state index contributed by atoms with van der Waals surface area (Å²) in [4.78, 5) is 4.60. The van der Waals surface area contributed by atoms with Crippen molar-refractivity contribution in [2.24, 2.45) is 0 Å². The van der Waals surface area contributed by atoms with Crippen molar-refractivity contribution in [3.63, 3.8) is 0 Å². The lowest BCUT2D eigenvalue weighted by Gasteiger charge is -2.08. The standard InChI is InChI=1S/C15H9BrIN/c16-13-8-4-3-7-12(13)15-14(17)11-6-2-1-5-10(11)9-18-15/h1-9H. The van der Waals surface area contributed by atoms with Crippen LogP contribution in [0.15, 0.2) is 59.2 Å². The molecule has 3 heteroatoms. The average molecular weight is 410 g/mol. The molecule has 0 atom stereocenters. The number of nitrogens with zero attached hydrogens (tertiary/aromatic N) is 1. The highest BCUT2D eigenvalue weighted by Crippen LogP contribution is 2.33. The summed E-state index contributed by atoms with van der Waals surface area (Å²) in [5.74, 6) is 0. The van der Waals surface area contributed by atoms with Crippen LogP contribution < -0.4 is 0 Å². The van der Waals surface area contributed by atoms with Crippen molar-refractivity contribution in [2.75, 3.05) is 0 Å². The van der Waals surface area contributed by atoms with E-state index in [0.717, 1.165) is 15.7 Å². The highest BCUT2D eigenvalue weighted by Gasteiger charge is 2.10. The van der Waals surface area contributed by atoms with Crippen molar-refractivity contribution in [2.45, 2.75) is 0 Å². The van der Waals surface area contributed by atoms with Gasteiger partial charge >= 0.3 is 0 Å². The number of hydrogen-bond acceptors (Lipinski definition) is 1. The van der Waals surface area contributed by atoms with Crippen LogP contribution in [-0.2, 0) is 0 Å². The van der Waals surface area contributed by atoms with Crippen LogP contribution in [0.4, 0.5) is 0 Å². The van der Waals surface area contributed by atoms with Gasteiger partial charge in [0.25, 0.3) is 0 Å². The fourth-order valence-corrected chi connectivity index (χ4v) is 3.36. The van der Waals surface area contributed by atoms with E-state index >= 15 is 0 Å². The molecule has 0 bridgehead atoms. The minimum atomic E-state index is 1.03. The molecule has 3 aromatic rings. The molecule has 0 spiro atoms. The van der Waals surface area contributed by atoms with E-state index in [1.807, 2.05) is 30.5 Å². The highest BCUT2D eigenvalue weighted by atomic mass is 127. The van der Waals surface area contributed by atoms with Gasteiger partial charge in [-0.2, -0.15) is 0 Å². The van der Waals surface area contributed by atoms with E-state index in [1.54, 1.807) is 0 Å². The second-order valence-electron chi connectivity index (χ2n) is 3.99. The Kier molecular flexibility index (Phi) is 3.35. The van der Waals surface area contributed by atoms with E-state index in [-0.39, 0.29) is 0 Å². The van der Waals surface area contributed by atoms with E-state index in [9.17, 15) is 0 Å². The first-order valence-corrected chi connectivity index (χ1v) is 7.42. The van der Waals surface area contributed by atoms with Gasteiger partial charge in [-0.3, -0.25) is 4.98 Å². The number of halogens is 2. The van der Waals surface area contributed by atoms with Gasteiger partial charge in [0.05, 0.1) is 5.69 Å². The molecule has 0 saturated carbocycles. The molecule has 0 unspecified atom stereocenters. The summed E-state index contributed by atoms with van der Waals surface area (Å²) in [7, 11) is 0. The number of benzene rings is 2. The Morgan fingerprint density at radius 3 is 2.50 bits per heavy atom. The third kappa shape index (κ3) is 2.06. The Balaban J connectivity index is 2.31. The molecule has 0 aliphatic rings. The van der Waals surface area contributed by atoms with Crippen molar-refractivity contribution in [1.82, 2.24) is 4.98 Å². The van der Waals surface area contributed by atoms with E-state index < -0.39 is 0 Å². The van der Waals surface area contributed by atoms with E-state index in [1.165, 1.54) is 14.3 Å². The summed E-state index contributed by atoms with van der Waals surface area (Å²) >= 11 is 5.96. The maximum atomic E-state index is 4.60. The largest absolute Gasteiger partial charge is 0.254 e. The number of rotatable bonds is 1. The summed E-state index contributed by atoms with van der Waals surface area (Å²) in [5.41, 5.74) is 2.16. The van der Waals surface area contributed by atoms with Gasteiger partial charge in [0.1, 0.15) is 0 Å². The monoisotopic (exact) mass is 409 g/mol. The molecule has 0 amide bonds. The predicted molar refractivity (Wildman–Crippen MR) is 87.6 cm³/mol. The Labute approximate surface area is 128 Å². The smallest absolute Gasteiger partial charge is 0.0853 e.